The minimum atomic E-state index is -4.80. The minimum absolute atomic E-state index is 0.0255. The van der Waals surface area contributed by atoms with Gasteiger partial charge in [0.2, 0.25) is 0 Å². The Labute approximate surface area is 360 Å². The van der Waals surface area contributed by atoms with Gasteiger partial charge in [0.05, 0.1) is 25.4 Å². The summed E-state index contributed by atoms with van der Waals surface area (Å²) >= 11 is 0. The Morgan fingerprint density at radius 2 is 1.05 bits per heavy atom. The summed E-state index contributed by atoms with van der Waals surface area (Å²) < 4.78 is 32.4. The van der Waals surface area contributed by atoms with Gasteiger partial charge in [-0.1, -0.05) is 132 Å². The summed E-state index contributed by atoms with van der Waals surface area (Å²) in [5.41, 5.74) is 5.31. The highest BCUT2D eigenvalue weighted by Crippen LogP contribution is 2.43. The lowest BCUT2D eigenvalue weighted by atomic mass is 10.0. The number of nitrogens with two attached hydrogens (primary N) is 1. The largest absolute Gasteiger partial charge is 0.480 e. The van der Waals surface area contributed by atoms with Crippen LogP contribution in [0.25, 0.3) is 0 Å². The third kappa shape index (κ3) is 37.8. The molecule has 0 spiro atoms. The normalized spacial score (nSPS) is 15.4. The van der Waals surface area contributed by atoms with Crippen LogP contribution in [0.2, 0.25) is 0 Å². The molecule has 0 aromatic carbocycles. The number of carboxylic acid groups (broad SMARTS) is 1. The molecule has 13 nitrogen and oxygen atoms in total. The molecule has 0 rings (SSSR count). The molecule has 0 aliphatic carbocycles. The fraction of sp³-hybridized carbons (Fsp3) is 0.674. The summed E-state index contributed by atoms with van der Waals surface area (Å²) in [6.45, 7) is 2.41. The number of aliphatic carboxylic acids is 1. The van der Waals surface area contributed by atoms with Crippen molar-refractivity contribution >= 4 is 25.7 Å². The SMILES string of the molecule is CCCCC/C=C\C/C=C\C/C=C\CC(O)C(O)CCCC(=O)OC[C@H](COP(=O)(O)OC[C@H](N)C(=O)O)OC(=O)CCC/C=C\C/C=C\C/C=C\CCCCCCCC. The maximum atomic E-state index is 12.6. The monoisotopic (exact) mass is 868 g/mol. The topological polar surface area (TPSA) is 212 Å². The lowest BCUT2D eigenvalue weighted by Gasteiger charge is -2.20. The standard InChI is InChI=1S/C46H78NO12P/c1-3-5-7-9-11-13-15-17-18-19-20-21-23-25-27-29-31-35-45(51)59-40(38-57-60(54,55)58-39-41(47)46(52)53)37-56-44(50)36-32-34-43(49)42(48)33-30-28-26-24-22-16-14-12-10-8-6-4-2/h12,14,17-18,20-22,24-25,27-28,30,40-43,48-49H,3-11,13,15-16,19,23,26,29,31-39,47H2,1-2H3,(H,52,53)(H,54,55)/b14-12-,18-17-,21-20-,24-22-,27-25-,30-28-/t40-,41+,42?,43?/m1/s1. The quantitative estimate of drug-likeness (QED) is 0.0168. The van der Waals surface area contributed by atoms with Crippen molar-refractivity contribution in [1.29, 1.82) is 0 Å². The summed E-state index contributed by atoms with van der Waals surface area (Å²) in [6.07, 6.45) is 40.1. The van der Waals surface area contributed by atoms with Crippen molar-refractivity contribution in [3.05, 3.63) is 72.9 Å². The summed E-state index contributed by atoms with van der Waals surface area (Å²) in [5, 5.41) is 29.6. The summed E-state index contributed by atoms with van der Waals surface area (Å²) in [4.78, 5) is 46.0. The third-order valence-corrected chi connectivity index (χ3v) is 10.1. The second kappa shape index (κ2) is 39.9. The number of ether oxygens (including phenoxy) is 2. The van der Waals surface area contributed by atoms with E-state index >= 15 is 0 Å². The van der Waals surface area contributed by atoms with E-state index in [-0.39, 0.29) is 32.1 Å². The molecule has 0 aromatic rings. The number of carbonyl (C=O) groups is 3. The van der Waals surface area contributed by atoms with E-state index in [1.807, 2.05) is 24.3 Å². The molecule has 0 heterocycles. The van der Waals surface area contributed by atoms with Gasteiger partial charge in [-0.25, -0.2) is 4.57 Å². The second-order valence-electron chi connectivity index (χ2n) is 14.8. The van der Waals surface area contributed by atoms with Crippen LogP contribution in [0.4, 0.5) is 0 Å². The Bertz CT molecular complexity index is 1330. The van der Waals surface area contributed by atoms with Gasteiger partial charge in [-0.2, -0.15) is 0 Å². The molecule has 344 valence electrons. The van der Waals surface area contributed by atoms with Crippen LogP contribution in [0.1, 0.15) is 155 Å². The number of rotatable bonds is 40. The van der Waals surface area contributed by atoms with E-state index in [4.69, 9.17) is 24.8 Å². The van der Waals surface area contributed by atoms with Crippen molar-refractivity contribution in [1.82, 2.24) is 0 Å². The van der Waals surface area contributed by atoms with Crippen LogP contribution in [-0.4, -0.2) is 82.3 Å². The number of hydrogen-bond acceptors (Lipinski definition) is 11. The molecule has 0 amide bonds. The van der Waals surface area contributed by atoms with Crippen LogP contribution in [0.3, 0.4) is 0 Å². The van der Waals surface area contributed by atoms with Crippen LogP contribution in [-0.2, 0) is 37.5 Å². The van der Waals surface area contributed by atoms with Crippen molar-refractivity contribution in [3.63, 3.8) is 0 Å². The van der Waals surface area contributed by atoms with E-state index < -0.39 is 69.9 Å². The number of esters is 2. The number of phosphoric acid groups is 1. The number of phosphoric ester groups is 1. The molecule has 3 unspecified atom stereocenters. The Hall–Kier alpha value is -3.16. The maximum Gasteiger partial charge on any atom is 0.472 e. The lowest BCUT2D eigenvalue weighted by Crippen LogP contribution is -2.34. The molecule has 60 heavy (non-hydrogen) atoms. The number of aliphatic hydroxyl groups excluding tert-OH is 2. The first-order valence-electron chi connectivity index (χ1n) is 22.1. The van der Waals surface area contributed by atoms with Crippen LogP contribution in [0.5, 0.6) is 0 Å². The number of carbonyl (C=O) groups excluding carboxylic acids is 2. The Balaban J connectivity index is 4.69. The van der Waals surface area contributed by atoms with E-state index in [9.17, 15) is 34.1 Å². The number of carboxylic acids is 1. The molecule has 0 radical (unpaired) electrons. The highest BCUT2D eigenvalue weighted by atomic mass is 31.2. The van der Waals surface area contributed by atoms with E-state index in [0.717, 1.165) is 38.5 Å². The molecule has 0 fully saturated rings. The van der Waals surface area contributed by atoms with Gasteiger partial charge < -0.3 is 35.4 Å². The third-order valence-electron chi connectivity index (χ3n) is 9.13. The van der Waals surface area contributed by atoms with E-state index in [0.29, 0.717) is 12.8 Å². The maximum absolute atomic E-state index is 12.6. The lowest BCUT2D eigenvalue weighted by molar-refractivity contribution is -0.161. The van der Waals surface area contributed by atoms with Crippen LogP contribution >= 0.6 is 7.82 Å². The fourth-order valence-corrected chi connectivity index (χ4v) is 6.25. The summed E-state index contributed by atoms with van der Waals surface area (Å²) in [5.74, 6) is -2.77. The van der Waals surface area contributed by atoms with Crippen molar-refractivity contribution in [2.45, 2.75) is 179 Å². The van der Waals surface area contributed by atoms with Crippen LogP contribution in [0.15, 0.2) is 72.9 Å². The highest BCUT2D eigenvalue weighted by Gasteiger charge is 2.28. The van der Waals surface area contributed by atoms with Crippen molar-refractivity contribution < 1.29 is 57.7 Å². The smallest absolute Gasteiger partial charge is 0.472 e. The van der Waals surface area contributed by atoms with Gasteiger partial charge in [0, 0.05) is 12.8 Å². The van der Waals surface area contributed by atoms with E-state index in [2.05, 4.69) is 60.9 Å². The van der Waals surface area contributed by atoms with Crippen molar-refractivity contribution in [3.8, 4) is 0 Å². The first kappa shape index (κ1) is 56.8. The zero-order valence-electron chi connectivity index (χ0n) is 36.5. The first-order chi connectivity index (χ1) is 28.9. The molecular weight excluding hydrogens is 789 g/mol. The molecular formula is C46H78NO12P. The van der Waals surface area contributed by atoms with E-state index in [1.165, 1.54) is 57.8 Å². The van der Waals surface area contributed by atoms with E-state index in [1.54, 1.807) is 6.08 Å². The molecule has 0 bridgehead atoms. The van der Waals surface area contributed by atoms with Gasteiger partial charge >= 0.3 is 25.7 Å². The first-order valence-corrected chi connectivity index (χ1v) is 23.6. The molecule has 0 saturated carbocycles. The number of unbranched alkanes of at least 4 members (excludes halogenated alkanes) is 10. The molecule has 5 atom stereocenters. The fourth-order valence-electron chi connectivity index (χ4n) is 5.48. The molecule has 0 saturated heterocycles. The predicted molar refractivity (Wildman–Crippen MR) is 238 cm³/mol. The van der Waals surface area contributed by atoms with Gasteiger partial charge in [-0.3, -0.25) is 23.4 Å². The molecule has 0 aliphatic rings. The number of allylic oxidation sites excluding steroid dienone is 11. The molecule has 0 aliphatic heterocycles. The number of hydrogen-bond donors (Lipinski definition) is 5. The van der Waals surface area contributed by atoms with Crippen molar-refractivity contribution in [2.24, 2.45) is 5.73 Å². The minimum Gasteiger partial charge on any atom is -0.480 e. The summed E-state index contributed by atoms with van der Waals surface area (Å²) in [7, 11) is -4.80. The van der Waals surface area contributed by atoms with Gasteiger partial charge in [-0.15, -0.1) is 0 Å². The predicted octanol–water partition coefficient (Wildman–Crippen LogP) is 9.67. The van der Waals surface area contributed by atoms with Crippen molar-refractivity contribution in [2.75, 3.05) is 19.8 Å². The molecule has 0 aromatic heterocycles. The average molecular weight is 868 g/mol. The zero-order valence-corrected chi connectivity index (χ0v) is 37.4. The van der Waals surface area contributed by atoms with Gasteiger partial charge in [0.1, 0.15) is 12.6 Å². The van der Waals surface area contributed by atoms with Crippen LogP contribution in [0, 0.1) is 0 Å². The zero-order chi connectivity index (χ0) is 44.5. The van der Waals surface area contributed by atoms with Crippen LogP contribution < -0.4 is 5.73 Å². The number of aliphatic hydroxyl groups is 2. The molecule has 14 heteroatoms. The Morgan fingerprint density at radius 3 is 1.63 bits per heavy atom. The average Bonchev–Trinajstić information content (AvgIpc) is 3.22. The Kier molecular flexibility index (Phi) is 37.8. The summed E-state index contributed by atoms with van der Waals surface area (Å²) in [6, 6.07) is -1.57. The van der Waals surface area contributed by atoms with Gasteiger partial charge in [0.15, 0.2) is 6.10 Å². The van der Waals surface area contributed by atoms with Gasteiger partial charge in [0.25, 0.3) is 0 Å². The second-order valence-corrected chi connectivity index (χ2v) is 16.2. The highest BCUT2D eigenvalue weighted by molar-refractivity contribution is 7.47. The van der Waals surface area contributed by atoms with Gasteiger partial charge in [-0.05, 0) is 83.5 Å². The Morgan fingerprint density at radius 1 is 0.583 bits per heavy atom. The molecule has 6 N–H and O–H groups in total.